The number of piperazine rings is 1. The van der Waals surface area contributed by atoms with Gasteiger partial charge in [-0.05, 0) is 37.1 Å². The zero-order chi connectivity index (χ0) is 26.1. The third kappa shape index (κ3) is 4.38. The van der Waals surface area contributed by atoms with E-state index in [-0.39, 0.29) is 6.61 Å². The predicted octanol–water partition coefficient (Wildman–Crippen LogP) is 3.54. The van der Waals surface area contributed by atoms with Gasteiger partial charge in [0.25, 0.3) is 0 Å². The molecule has 0 aromatic carbocycles. The second kappa shape index (κ2) is 10.0. The summed E-state index contributed by atoms with van der Waals surface area (Å²) in [6, 6.07) is 13.3. The average molecular weight is 506 g/mol. The van der Waals surface area contributed by atoms with Crippen LogP contribution >= 0.6 is 0 Å². The van der Waals surface area contributed by atoms with Crippen molar-refractivity contribution >= 4 is 11.3 Å². The molecule has 0 amide bonds. The molecule has 3 aliphatic rings. The second-order valence-corrected chi connectivity index (χ2v) is 9.50. The molecular weight excluding hydrogens is 478 g/mol. The molecule has 7 heterocycles. The number of anilines is 1. The Morgan fingerprint density at radius 1 is 1.08 bits per heavy atom. The lowest BCUT2D eigenvalue weighted by molar-refractivity contribution is -0.00876. The van der Waals surface area contributed by atoms with Gasteiger partial charge < -0.3 is 14.4 Å². The van der Waals surface area contributed by atoms with Crippen LogP contribution in [0, 0.1) is 23.2 Å². The average Bonchev–Trinajstić information content (AvgIpc) is 3.39. The minimum atomic E-state index is 0.286. The molecule has 2 unspecified atom stereocenters. The first-order valence-corrected chi connectivity index (χ1v) is 12.6. The van der Waals surface area contributed by atoms with E-state index in [9.17, 15) is 5.26 Å². The summed E-state index contributed by atoms with van der Waals surface area (Å²) >= 11 is 0. The lowest BCUT2D eigenvalue weighted by Crippen LogP contribution is -2.68. The fourth-order valence-corrected chi connectivity index (χ4v) is 5.37. The molecular formula is C29H27N7O2. The molecule has 2 bridgehead atoms. The Balaban J connectivity index is 1.19. The van der Waals surface area contributed by atoms with Crippen LogP contribution in [-0.4, -0.2) is 63.4 Å². The van der Waals surface area contributed by atoms with Gasteiger partial charge in [-0.15, -0.1) is 5.92 Å². The van der Waals surface area contributed by atoms with Crippen LogP contribution in [0.3, 0.4) is 0 Å². The highest BCUT2D eigenvalue weighted by atomic mass is 16.5. The molecule has 2 atom stereocenters. The number of pyridine rings is 3. The molecule has 190 valence electrons. The number of nitriles is 1. The summed E-state index contributed by atoms with van der Waals surface area (Å²) in [5.74, 6) is 7.98. The SMILES string of the molecule is CC#CCOc1cc(-c2ccc(N3CC4CC(C3)N4Cc3ccc(OC)nc3)nc2)c2c(C#N)cnn2c1. The zero-order valence-electron chi connectivity index (χ0n) is 21.3. The molecule has 3 saturated heterocycles. The number of hydrogen-bond donors (Lipinski definition) is 0. The predicted molar refractivity (Wildman–Crippen MR) is 143 cm³/mol. The highest BCUT2D eigenvalue weighted by Gasteiger charge is 2.44. The lowest BCUT2D eigenvalue weighted by Gasteiger charge is -2.56. The van der Waals surface area contributed by atoms with E-state index in [1.807, 2.05) is 24.5 Å². The van der Waals surface area contributed by atoms with Gasteiger partial charge in [0.2, 0.25) is 5.88 Å². The van der Waals surface area contributed by atoms with Gasteiger partial charge in [-0.1, -0.05) is 12.0 Å². The molecule has 38 heavy (non-hydrogen) atoms. The van der Waals surface area contributed by atoms with Crippen LogP contribution in [0.5, 0.6) is 11.6 Å². The molecule has 0 radical (unpaired) electrons. The largest absolute Gasteiger partial charge is 0.481 e. The summed E-state index contributed by atoms with van der Waals surface area (Å²) in [5.41, 5.74) is 4.19. The fraction of sp³-hybridized carbons (Fsp3) is 0.310. The van der Waals surface area contributed by atoms with E-state index in [1.165, 1.54) is 12.0 Å². The van der Waals surface area contributed by atoms with E-state index in [2.05, 4.69) is 56.0 Å². The smallest absolute Gasteiger partial charge is 0.212 e. The Hall–Kier alpha value is -4.60. The van der Waals surface area contributed by atoms with Crippen LogP contribution in [0.25, 0.3) is 16.6 Å². The van der Waals surface area contributed by atoms with Gasteiger partial charge in [0, 0.05) is 61.3 Å². The van der Waals surface area contributed by atoms with Gasteiger partial charge in [-0.3, -0.25) is 4.90 Å². The maximum Gasteiger partial charge on any atom is 0.212 e. The standard InChI is InChI=1S/C29H27N7O2/c1-3-4-9-38-25-11-26(29-22(12-30)15-33-36(29)19-25)21-6-7-27(31-14-21)34-17-23-10-24(18-34)35(23)16-20-5-8-28(37-2)32-13-20/h5-8,11,13-15,19,23-24H,9-10,16-18H2,1-2H3. The van der Waals surface area contributed by atoms with E-state index >= 15 is 0 Å². The number of hydrogen-bond acceptors (Lipinski definition) is 8. The summed E-state index contributed by atoms with van der Waals surface area (Å²) < 4.78 is 12.7. The normalized spacial score (nSPS) is 18.3. The Bertz CT molecular complexity index is 1550. The third-order valence-corrected chi connectivity index (χ3v) is 7.29. The quantitative estimate of drug-likeness (QED) is 0.352. The number of aromatic nitrogens is 4. The van der Waals surface area contributed by atoms with Crippen molar-refractivity contribution in [2.45, 2.75) is 32.0 Å². The molecule has 3 fully saturated rings. The molecule has 0 aliphatic carbocycles. The molecule has 3 aliphatic heterocycles. The third-order valence-electron chi connectivity index (χ3n) is 7.29. The van der Waals surface area contributed by atoms with Crippen LogP contribution in [0.15, 0.2) is 55.1 Å². The van der Waals surface area contributed by atoms with Crippen LogP contribution < -0.4 is 14.4 Å². The van der Waals surface area contributed by atoms with Gasteiger partial charge in [-0.2, -0.15) is 10.4 Å². The van der Waals surface area contributed by atoms with Crippen molar-refractivity contribution in [3.05, 3.63) is 66.2 Å². The topological polar surface area (TPSA) is 91.8 Å². The molecule has 7 rings (SSSR count). The van der Waals surface area contributed by atoms with Crippen molar-refractivity contribution < 1.29 is 9.47 Å². The van der Waals surface area contributed by atoms with Crippen LogP contribution in [0.4, 0.5) is 5.82 Å². The van der Waals surface area contributed by atoms with Gasteiger partial charge in [0.05, 0.1) is 30.6 Å². The van der Waals surface area contributed by atoms with E-state index in [0.717, 1.165) is 42.1 Å². The van der Waals surface area contributed by atoms with Crippen molar-refractivity contribution in [3.63, 3.8) is 0 Å². The van der Waals surface area contributed by atoms with Crippen molar-refractivity contribution in [2.24, 2.45) is 0 Å². The zero-order valence-corrected chi connectivity index (χ0v) is 21.3. The van der Waals surface area contributed by atoms with Crippen molar-refractivity contribution in [3.8, 4) is 40.7 Å². The number of rotatable bonds is 7. The van der Waals surface area contributed by atoms with Crippen LogP contribution in [0.1, 0.15) is 24.5 Å². The number of nitrogens with zero attached hydrogens (tertiary/aromatic N) is 7. The molecule has 9 nitrogen and oxygen atoms in total. The first-order chi connectivity index (χ1) is 18.7. The molecule has 0 saturated carbocycles. The van der Waals surface area contributed by atoms with Crippen molar-refractivity contribution in [1.82, 2.24) is 24.5 Å². The van der Waals surface area contributed by atoms with Crippen LogP contribution in [0.2, 0.25) is 0 Å². The summed E-state index contributed by atoms with van der Waals surface area (Å²) in [6.07, 6.45) is 8.33. The second-order valence-electron chi connectivity index (χ2n) is 9.50. The van der Waals surface area contributed by atoms with Gasteiger partial charge in [0.15, 0.2) is 0 Å². The summed E-state index contributed by atoms with van der Waals surface area (Å²) in [5, 5.41) is 14.0. The number of fused-ring (bicyclic) bond motifs is 3. The Morgan fingerprint density at radius 2 is 1.95 bits per heavy atom. The minimum absolute atomic E-state index is 0.286. The van der Waals surface area contributed by atoms with E-state index < -0.39 is 0 Å². The van der Waals surface area contributed by atoms with Gasteiger partial charge in [-0.25, -0.2) is 14.5 Å². The fourth-order valence-electron chi connectivity index (χ4n) is 5.37. The molecule has 4 aromatic rings. The highest BCUT2D eigenvalue weighted by Crippen LogP contribution is 2.36. The highest BCUT2D eigenvalue weighted by molar-refractivity contribution is 5.85. The maximum absolute atomic E-state index is 9.63. The maximum atomic E-state index is 9.63. The van der Waals surface area contributed by atoms with Gasteiger partial charge in [0.1, 0.15) is 24.2 Å². The van der Waals surface area contributed by atoms with E-state index in [0.29, 0.717) is 29.3 Å². The first-order valence-electron chi connectivity index (χ1n) is 12.6. The molecule has 9 heteroatoms. The molecule has 0 N–H and O–H groups in total. The van der Waals surface area contributed by atoms with Crippen molar-refractivity contribution in [1.29, 1.82) is 5.26 Å². The van der Waals surface area contributed by atoms with Crippen molar-refractivity contribution in [2.75, 3.05) is 31.7 Å². The van der Waals surface area contributed by atoms with E-state index in [1.54, 1.807) is 30.9 Å². The Labute approximate surface area is 221 Å². The monoisotopic (exact) mass is 505 g/mol. The lowest BCUT2D eigenvalue weighted by atomic mass is 9.87. The number of ether oxygens (including phenoxy) is 2. The molecule has 4 aromatic heterocycles. The summed E-state index contributed by atoms with van der Waals surface area (Å²) in [4.78, 5) is 14.1. The number of piperidine rings is 1. The minimum Gasteiger partial charge on any atom is -0.481 e. The Kier molecular flexibility index (Phi) is 6.28. The Morgan fingerprint density at radius 3 is 2.63 bits per heavy atom. The number of methoxy groups -OCH3 is 1. The first kappa shape index (κ1) is 23.8. The van der Waals surface area contributed by atoms with E-state index in [4.69, 9.17) is 14.5 Å². The van der Waals surface area contributed by atoms with Crippen LogP contribution in [-0.2, 0) is 6.54 Å². The molecule has 0 spiro atoms. The van der Waals surface area contributed by atoms with Gasteiger partial charge >= 0.3 is 0 Å². The summed E-state index contributed by atoms with van der Waals surface area (Å²) in [7, 11) is 1.63. The summed E-state index contributed by atoms with van der Waals surface area (Å²) in [6.45, 7) is 4.85.